The molecule has 0 spiro atoms. The first-order chi connectivity index (χ1) is 6.86. The molecule has 1 aliphatic heterocycles. The van der Waals surface area contributed by atoms with Gasteiger partial charge in [0.2, 0.25) is 0 Å². The highest BCUT2D eigenvalue weighted by Gasteiger charge is 2.46. The average molecular weight is 210 g/mol. The fraction of sp³-hybridized carbons (Fsp3) is 1.00. The Kier molecular flexibility index (Phi) is 2.44. The molecule has 14 heavy (non-hydrogen) atoms. The molecule has 1 unspecified atom stereocenters. The molecule has 0 N–H and O–H groups in total. The van der Waals surface area contributed by atoms with E-state index in [0.29, 0.717) is 0 Å². The van der Waals surface area contributed by atoms with E-state index < -0.39 is 0 Å². The van der Waals surface area contributed by atoms with Gasteiger partial charge in [0, 0.05) is 12.3 Å². The summed E-state index contributed by atoms with van der Waals surface area (Å²) in [5, 5.41) is 0.882. The van der Waals surface area contributed by atoms with Crippen LogP contribution in [0.25, 0.3) is 0 Å². The number of fused-ring (bicyclic) bond motifs is 2. The van der Waals surface area contributed by atoms with E-state index in [0.717, 1.165) is 23.3 Å². The molecule has 1 atom stereocenters. The molecule has 80 valence electrons. The lowest BCUT2D eigenvalue weighted by Crippen LogP contribution is -2.32. The fourth-order valence-electron chi connectivity index (χ4n) is 4.05. The lowest BCUT2D eigenvalue weighted by molar-refractivity contribution is 0.0629. The minimum Gasteiger partial charge on any atom is -0.382 e. The van der Waals surface area contributed by atoms with E-state index in [4.69, 9.17) is 4.74 Å². The molecule has 1 nitrogen and oxygen atoms in total. The first kappa shape index (κ1) is 9.41. The Bertz CT molecular complexity index is 202. The van der Waals surface area contributed by atoms with Crippen LogP contribution in [0.1, 0.15) is 51.4 Å². The zero-order valence-corrected chi connectivity index (χ0v) is 10.5. The summed E-state index contributed by atoms with van der Waals surface area (Å²) in [6.07, 6.45) is 12.0. The van der Waals surface area contributed by atoms with Crippen LogP contribution < -0.4 is 0 Å². The van der Waals surface area contributed by atoms with Gasteiger partial charge in [-0.3, -0.25) is 0 Å². The Balaban J connectivity index is 1.60. The third kappa shape index (κ3) is 1.67. The predicted octanol–water partition coefficient (Wildman–Crippen LogP) is 2.43. The van der Waals surface area contributed by atoms with Gasteiger partial charge in [0.05, 0.1) is 9.52 Å². The van der Waals surface area contributed by atoms with Crippen LogP contribution in [0.15, 0.2) is 0 Å². The van der Waals surface area contributed by atoms with Crippen molar-refractivity contribution in [2.75, 3.05) is 6.61 Å². The van der Waals surface area contributed by atoms with Crippen LogP contribution >= 0.6 is 0 Å². The van der Waals surface area contributed by atoms with Crippen LogP contribution in [0.5, 0.6) is 0 Å². The highest BCUT2D eigenvalue weighted by Crippen LogP contribution is 2.59. The van der Waals surface area contributed by atoms with Crippen LogP contribution in [0.3, 0.4) is 0 Å². The zero-order valence-electron chi connectivity index (χ0n) is 9.13. The molecule has 0 amide bonds. The van der Waals surface area contributed by atoms with Gasteiger partial charge in [0.25, 0.3) is 0 Å². The number of rotatable bonds is 2. The first-order valence-electron chi connectivity index (χ1n) is 6.48. The van der Waals surface area contributed by atoms with Gasteiger partial charge in [0.15, 0.2) is 0 Å². The molecule has 1 saturated heterocycles. The van der Waals surface area contributed by atoms with E-state index in [2.05, 4.69) is 0 Å². The van der Waals surface area contributed by atoms with Gasteiger partial charge >= 0.3 is 0 Å². The van der Waals surface area contributed by atoms with E-state index in [9.17, 15) is 0 Å². The maximum absolute atomic E-state index is 5.95. The summed E-state index contributed by atoms with van der Waals surface area (Å²) in [6.45, 7) is 1.07. The Hall–Kier alpha value is 0.177. The summed E-state index contributed by atoms with van der Waals surface area (Å²) in [5.74, 6) is 1.13. The van der Waals surface area contributed by atoms with Gasteiger partial charge in [-0.25, -0.2) is 0 Å². The third-order valence-corrected chi connectivity index (χ3v) is 7.78. The average Bonchev–Trinajstić information content (AvgIpc) is 2.78. The SMILES string of the molecule is C1CCC([SiH2]C23CCC(CC2)C3)OC1. The molecule has 0 aromatic heterocycles. The van der Waals surface area contributed by atoms with Crippen molar-refractivity contribution < 1.29 is 4.74 Å². The Labute approximate surface area is 89.4 Å². The largest absolute Gasteiger partial charge is 0.382 e. The predicted molar refractivity (Wildman–Crippen MR) is 61.4 cm³/mol. The van der Waals surface area contributed by atoms with Crippen molar-refractivity contribution in [2.24, 2.45) is 5.92 Å². The molecular weight excluding hydrogens is 188 g/mol. The second kappa shape index (κ2) is 3.64. The van der Waals surface area contributed by atoms with Gasteiger partial charge in [-0.15, -0.1) is 0 Å². The summed E-state index contributed by atoms with van der Waals surface area (Å²) in [4.78, 5) is 0. The van der Waals surface area contributed by atoms with Crippen molar-refractivity contribution in [3.05, 3.63) is 0 Å². The Morgan fingerprint density at radius 3 is 2.50 bits per heavy atom. The molecule has 2 aliphatic carbocycles. The van der Waals surface area contributed by atoms with E-state index in [1.54, 1.807) is 32.1 Å². The molecule has 0 aromatic rings. The van der Waals surface area contributed by atoms with Crippen LogP contribution in [0.4, 0.5) is 0 Å². The number of ether oxygens (including phenoxy) is 1. The monoisotopic (exact) mass is 210 g/mol. The highest BCUT2D eigenvalue weighted by molar-refractivity contribution is 6.42. The van der Waals surface area contributed by atoms with Gasteiger partial charge in [-0.1, -0.05) is 25.7 Å². The summed E-state index contributed by atoms with van der Waals surface area (Å²) in [5.41, 5.74) is 0.764. The van der Waals surface area contributed by atoms with Crippen molar-refractivity contribution in [2.45, 2.75) is 62.1 Å². The summed E-state index contributed by atoms with van der Waals surface area (Å²) < 4.78 is 5.95. The van der Waals surface area contributed by atoms with Crippen LogP contribution in [0, 0.1) is 5.92 Å². The van der Waals surface area contributed by atoms with Crippen molar-refractivity contribution in [1.29, 1.82) is 0 Å². The molecule has 3 aliphatic rings. The standard InChI is InChI=1S/C12H22OSi/c1-2-8-13-11(3-1)14-12-6-4-10(9-12)5-7-12/h10-11H,1-9,14H2. The summed E-state index contributed by atoms with van der Waals surface area (Å²) in [7, 11) is 0.0546. The highest BCUT2D eigenvalue weighted by atomic mass is 28.2. The lowest BCUT2D eigenvalue weighted by Gasteiger charge is -2.32. The van der Waals surface area contributed by atoms with E-state index in [1.165, 1.54) is 19.3 Å². The molecule has 0 aromatic carbocycles. The fourth-order valence-corrected chi connectivity index (χ4v) is 7.18. The van der Waals surface area contributed by atoms with Crippen molar-refractivity contribution in [3.8, 4) is 0 Å². The topological polar surface area (TPSA) is 9.23 Å². The van der Waals surface area contributed by atoms with Crippen molar-refractivity contribution in [1.82, 2.24) is 0 Å². The summed E-state index contributed by atoms with van der Waals surface area (Å²) >= 11 is 0. The number of hydrogen-bond donors (Lipinski definition) is 0. The second-order valence-electron chi connectivity index (χ2n) is 5.84. The first-order valence-corrected chi connectivity index (χ1v) is 8.00. The van der Waals surface area contributed by atoms with Crippen molar-refractivity contribution in [3.63, 3.8) is 0 Å². The number of hydrogen-bond acceptors (Lipinski definition) is 1. The zero-order chi connectivity index (χ0) is 9.43. The quantitative estimate of drug-likeness (QED) is 0.636. The van der Waals surface area contributed by atoms with Crippen LogP contribution in [-0.4, -0.2) is 21.9 Å². The second-order valence-corrected chi connectivity index (χ2v) is 8.66. The van der Waals surface area contributed by atoms with Crippen LogP contribution in [-0.2, 0) is 4.74 Å². The van der Waals surface area contributed by atoms with Gasteiger partial charge in [-0.05, 0) is 36.6 Å². The molecule has 2 bridgehead atoms. The van der Waals surface area contributed by atoms with Gasteiger partial charge in [-0.2, -0.15) is 0 Å². The molecule has 2 saturated carbocycles. The maximum atomic E-state index is 5.95. The molecular formula is C12H22OSi. The molecule has 0 radical (unpaired) electrons. The Morgan fingerprint density at radius 1 is 1.07 bits per heavy atom. The third-order valence-electron chi connectivity index (χ3n) is 4.82. The molecule has 2 heteroatoms. The maximum Gasteiger partial charge on any atom is 0.0622 e. The van der Waals surface area contributed by atoms with Crippen molar-refractivity contribution >= 4 is 9.52 Å². The normalized spacial score (nSPS) is 48.0. The summed E-state index contributed by atoms with van der Waals surface area (Å²) in [6, 6.07) is 0. The van der Waals surface area contributed by atoms with Gasteiger partial charge < -0.3 is 4.74 Å². The van der Waals surface area contributed by atoms with Gasteiger partial charge in [0.1, 0.15) is 0 Å². The minimum atomic E-state index is 0.0546. The van der Waals surface area contributed by atoms with E-state index in [1.807, 2.05) is 0 Å². The van der Waals surface area contributed by atoms with E-state index in [-0.39, 0.29) is 9.52 Å². The lowest BCUT2D eigenvalue weighted by atomic mass is 10.0. The van der Waals surface area contributed by atoms with Crippen LogP contribution in [0.2, 0.25) is 5.04 Å². The molecule has 3 fully saturated rings. The van der Waals surface area contributed by atoms with E-state index >= 15 is 0 Å². The minimum absolute atomic E-state index is 0.0546. The molecule has 1 heterocycles. The smallest absolute Gasteiger partial charge is 0.0622 e. The Morgan fingerprint density at radius 2 is 1.93 bits per heavy atom. The molecule has 3 rings (SSSR count).